The van der Waals surface area contributed by atoms with E-state index in [2.05, 4.69) is 31.9 Å². The van der Waals surface area contributed by atoms with Gasteiger partial charge in [-0.25, -0.2) is 8.78 Å². The summed E-state index contributed by atoms with van der Waals surface area (Å²) in [6.07, 6.45) is 9.55. The number of rotatable bonds is 22. The van der Waals surface area contributed by atoms with Crippen molar-refractivity contribution in [1.82, 2.24) is 60.6 Å². The number of aromatic nitrogens is 2. The maximum atomic E-state index is 14.5. The lowest BCUT2D eigenvalue weighted by Crippen LogP contribution is -2.59. The van der Waals surface area contributed by atoms with Crippen LogP contribution in [0.15, 0.2) is 48.5 Å². The number of hydrogen-bond donors (Lipinski definition) is 6. The minimum Gasteiger partial charge on any atom is -0.378 e. The molecule has 6 N–H and O–H groups in total. The predicted molar refractivity (Wildman–Crippen MR) is 300 cm³/mol. The zero-order valence-electron chi connectivity index (χ0n) is 47.2. The summed E-state index contributed by atoms with van der Waals surface area (Å²) in [4.78, 5) is 116. The normalized spacial score (nSPS) is 18.0. The maximum Gasteiger partial charge on any atom is 0.270 e. The van der Waals surface area contributed by atoms with Crippen LogP contribution in [0.2, 0.25) is 0 Å². The first kappa shape index (κ1) is 60.1. The van der Waals surface area contributed by atoms with E-state index in [0.717, 1.165) is 64.2 Å². The Balaban J connectivity index is 0.802. The quantitative estimate of drug-likeness (QED) is 0.0626. The standard InChI is InChI=1S/C58H80F2N12O9/c1-37(61-3)53(75)65-51(39-11-7-5-8-12-39)57(79)69-25-21-67(22-26-69)55(77)47-33-41-31-43(59)15-17-45(41)71(47)35-49(73)63-19-29-81-30-20-64-50(74)36-72-46-18-16-44(60)32-42(46)34-48(72)56(78)68-23-27-70(28-24-68)58(80)52(40-13-9-6-10-14-40)66-54(76)38(2)62-4/h15-18,31-34,37-40,51-52,61-62H,5-14,19-30,35-36H2,1-4H3,(H,63,73)(H,64,74)(H,65,75)(H,66,76)/t37-,38+,51-,52+. The van der Waals surface area contributed by atoms with E-state index < -0.39 is 47.6 Å². The molecule has 21 nitrogen and oxygen atoms in total. The summed E-state index contributed by atoms with van der Waals surface area (Å²) in [5.74, 6) is -3.34. The van der Waals surface area contributed by atoms with Crippen LogP contribution in [-0.4, -0.2) is 193 Å². The first-order valence-corrected chi connectivity index (χ1v) is 28.8. The summed E-state index contributed by atoms with van der Waals surface area (Å²) < 4.78 is 37.7. The van der Waals surface area contributed by atoms with E-state index in [1.807, 2.05) is 0 Å². The van der Waals surface area contributed by atoms with Crippen molar-refractivity contribution >= 4 is 69.1 Å². The van der Waals surface area contributed by atoms with Crippen LogP contribution in [0.25, 0.3) is 21.8 Å². The molecule has 8 amide bonds. The summed E-state index contributed by atoms with van der Waals surface area (Å²) in [5, 5.41) is 18.4. The molecule has 4 aliphatic rings. The van der Waals surface area contributed by atoms with Crippen molar-refractivity contribution < 1.29 is 51.9 Å². The molecule has 0 radical (unpaired) electrons. The van der Waals surface area contributed by atoms with Crippen molar-refractivity contribution in [2.45, 2.75) is 115 Å². The van der Waals surface area contributed by atoms with Gasteiger partial charge in [0.15, 0.2) is 0 Å². The van der Waals surface area contributed by atoms with Gasteiger partial charge in [0.1, 0.15) is 48.2 Å². The molecule has 2 aliphatic heterocycles. The molecule has 2 saturated heterocycles. The molecule has 440 valence electrons. The van der Waals surface area contributed by atoms with E-state index in [1.54, 1.807) is 68.8 Å². The molecule has 4 aromatic rings. The van der Waals surface area contributed by atoms with Crippen molar-refractivity contribution in [3.8, 4) is 0 Å². The molecule has 8 rings (SSSR count). The zero-order valence-corrected chi connectivity index (χ0v) is 47.2. The third-order valence-corrected chi connectivity index (χ3v) is 16.7. The van der Waals surface area contributed by atoms with Gasteiger partial charge in [0, 0.05) is 87.3 Å². The Bertz CT molecular complexity index is 2710. The van der Waals surface area contributed by atoms with Crippen molar-refractivity contribution in [2.24, 2.45) is 11.8 Å². The van der Waals surface area contributed by atoms with Crippen molar-refractivity contribution in [3.05, 3.63) is 71.6 Å². The van der Waals surface area contributed by atoms with Gasteiger partial charge in [-0.3, -0.25) is 38.4 Å². The van der Waals surface area contributed by atoms with Gasteiger partial charge < -0.3 is 65.4 Å². The van der Waals surface area contributed by atoms with Crippen LogP contribution in [0.5, 0.6) is 0 Å². The second-order valence-corrected chi connectivity index (χ2v) is 22.0. The first-order valence-electron chi connectivity index (χ1n) is 28.8. The molecule has 0 spiro atoms. The molecule has 0 unspecified atom stereocenters. The fourth-order valence-electron chi connectivity index (χ4n) is 11.7. The highest BCUT2D eigenvalue weighted by Crippen LogP contribution is 2.31. The largest absolute Gasteiger partial charge is 0.378 e. The number of ether oxygens (including phenoxy) is 1. The number of benzene rings is 2. The van der Waals surface area contributed by atoms with Gasteiger partial charge >= 0.3 is 0 Å². The van der Waals surface area contributed by atoms with Crippen LogP contribution >= 0.6 is 0 Å². The molecule has 4 heterocycles. The second-order valence-electron chi connectivity index (χ2n) is 22.0. The monoisotopic (exact) mass is 1130 g/mol. The topological polar surface area (TPSA) is 241 Å². The van der Waals surface area contributed by atoms with Gasteiger partial charge in [-0.1, -0.05) is 38.5 Å². The summed E-state index contributed by atoms with van der Waals surface area (Å²) in [6, 6.07) is 9.05. The molecular weight excluding hydrogens is 1050 g/mol. The number of amides is 8. The Kier molecular flexibility index (Phi) is 20.9. The number of nitrogens with zero attached hydrogens (tertiary/aromatic N) is 6. The lowest BCUT2D eigenvalue weighted by atomic mass is 9.83. The van der Waals surface area contributed by atoms with E-state index in [-0.39, 0.29) is 150 Å². The Morgan fingerprint density at radius 1 is 0.519 bits per heavy atom. The fourth-order valence-corrected chi connectivity index (χ4v) is 11.7. The van der Waals surface area contributed by atoms with E-state index in [4.69, 9.17) is 4.74 Å². The number of hydrogen-bond acceptors (Lipinski definition) is 11. The van der Waals surface area contributed by atoms with Crippen LogP contribution in [-0.2, 0) is 46.6 Å². The number of halogens is 2. The Morgan fingerprint density at radius 2 is 0.877 bits per heavy atom. The summed E-state index contributed by atoms with van der Waals surface area (Å²) >= 11 is 0. The van der Waals surface area contributed by atoms with Crippen molar-refractivity contribution in [3.63, 3.8) is 0 Å². The molecule has 4 fully saturated rings. The van der Waals surface area contributed by atoms with Crippen LogP contribution in [0, 0.1) is 23.5 Å². The van der Waals surface area contributed by atoms with Crippen LogP contribution in [0.4, 0.5) is 8.78 Å². The molecule has 81 heavy (non-hydrogen) atoms. The molecule has 2 aliphatic carbocycles. The SMILES string of the molecule is CN[C@@H](C)C(=O)N[C@H](C(=O)N1CCN(C(=O)c2cc3cc(F)ccc3n2CC(=O)NCCOCCNC(=O)Cn2c(C(=O)N3CCN(C(=O)[C@H](NC(=O)[C@@H](C)NC)C4CCCCC4)CC3)cc3cc(F)ccc32)CC1)C1CCCCC1. The Morgan fingerprint density at radius 3 is 1.23 bits per heavy atom. The lowest BCUT2D eigenvalue weighted by Gasteiger charge is -2.39. The van der Waals surface area contributed by atoms with Gasteiger partial charge in [0.25, 0.3) is 11.8 Å². The predicted octanol–water partition coefficient (Wildman–Crippen LogP) is 2.74. The number of likely N-dealkylation sites (N-methyl/N-ethyl adjacent to an activating group) is 2. The number of nitrogens with one attached hydrogen (secondary N) is 6. The van der Waals surface area contributed by atoms with E-state index in [9.17, 15) is 47.1 Å². The summed E-state index contributed by atoms with van der Waals surface area (Å²) in [7, 11) is 3.38. The minimum absolute atomic E-state index is 0.0258. The molecular formula is C58H80F2N12O9. The molecule has 23 heteroatoms. The number of carbonyl (C=O) groups excluding carboxylic acids is 8. The number of carbonyl (C=O) groups is 8. The highest BCUT2D eigenvalue weighted by atomic mass is 19.1. The Labute approximate surface area is 471 Å². The number of piperazine rings is 2. The first-order chi connectivity index (χ1) is 39.0. The zero-order chi connectivity index (χ0) is 57.7. The summed E-state index contributed by atoms with van der Waals surface area (Å²) in [6.45, 7) is 5.28. The third kappa shape index (κ3) is 14.9. The second kappa shape index (κ2) is 28.1. The average Bonchev–Trinajstić information content (AvgIpc) is 4.11. The van der Waals surface area contributed by atoms with Crippen LogP contribution in [0.1, 0.15) is 99.0 Å². The number of fused-ring (bicyclic) bond motifs is 2. The van der Waals surface area contributed by atoms with Gasteiger partial charge in [0.2, 0.25) is 35.4 Å². The van der Waals surface area contributed by atoms with Crippen molar-refractivity contribution in [2.75, 3.05) is 92.8 Å². The maximum absolute atomic E-state index is 14.5. The average molecular weight is 1130 g/mol. The molecule has 2 saturated carbocycles. The van der Waals surface area contributed by atoms with Gasteiger partial charge in [-0.05, 0) is 114 Å². The van der Waals surface area contributed by atoms with Crippen LogP contribution in [0.3, 0.4) is 0 Å². The lowest BCUT2D eigenvalue weighted by molar-refractivity contribution is -0.140. The van der Waals surface area contributed by atoms with Gasteiger partial charge in [-0.2, -0.15) is 0 Å². The smallest absolute Gasteiger partial charge is 0.270 e. The highest BCUT2D eigenvalue weighted by Gasteiger charge is 2.39. The molecule has 4 atom stereocenters. The van der Waals surface area contributed by atoms with E-state index >= 15 is 0 Å². The van der Waals surface area contributed by atoms with Gasteiger partial charge in [-0.15, -0.1) is 0 Å². The van der Waals surface area contributed by atoms with Crippen LogP contribution < -0.4 is 31.9 Å². The fraction of sp³-hybridized carbons (Fsp3) is 0.586. The van der Waals surface area contributed by atoms with E-state index in [0.29, 0.717) is 21.8 Å². The third-order valence-electron chi connectivity index (χ3n) is 16.7. The highest BCUT2D eigenvalue weighted by molar-refractivity contribution is 6.01. The molecule has 2 aromatic heterocycles. The van der Waals surface area contributed by atoms with E-state index in [1.165, 1.54) is 36.4 Å². The molecule has 0 bridgehead atoms. The molecule has 2 aromatic carbocycles. The Hall–Kier alpha value is -6.98. The van der Waals surface area contributed by atoms with Crippen molar-refractivity contribution in [1.29, 1.82) is 0 Å². The van der Waals surface area contributed by atoms with Gasteiger partial charge in [0.05, 0.1) is 25.3 Å². The summed E-state index contributed by atoms with van der Waals surface area (Å²) in [5.41, 5.74) is 1.36. The minimum atomic E-state index is -0.660.